The maximum atomic E-state index is 5.95. The Morgan fingerprint density at radius 1 is 0.833 bits per heavy atom. The molecular weight excluding hydrogens is 316 g/mol. The Kier molecular flexibility index (Phi) is 6.71. The van der Waals surface area contributed by atoms with E-state index in [1.54, 1.807) is 0 Å². The standard InChI is InChI=1S/C21H27ClN2/c22-21-11-9-20(10-12-21)19-7-5-18(6-8-19)17-23-13-4-16-24-14-2-1-3-15-24/h5-12,23H,1-4,13-17H2. The Balaban J connectivity index is 1.39. The predicted molar refractivity (Wildman–Crippen MR) is 104 cm³/mol. The van der Waals surface area contributed by atoms with Gasteiger partial charge in [-0.05, 0) is 74.3 Å². The van der Waals surface area contributed by atoms with E-state index in [2.05, 4.69) is 46.6 Å². The van der Waals surface area contributed by atoms with Crippen molar-refractivity contribution in [2.75, 3.05) is 26.2 Å². The van der Waals surface area contributed by atoms with Gasteiger partial charge in [-0.3, -0.25) is 0 Å². The Hall–Kier alpha value is -1.35. The Morgan fingerprint density at radius 2 is 1.46 bits per heavy atom. The van der Waals surface area contributed by atoms with E-state index in [0.717, 1.165) is 18.1 Å². The number of hydrogen-bond acceptors (Lipinski definition) is 2. The first-order chi connectivity index (χ1) is 11.8. The molecule has 0 amide bonds. The molecule has 24 heavy (non-hydrogen) atoms. The highest BCUT2D eigenvalue weighted by molar-refractivity contribution is 6.30. The second-order valence-corrected chi connectivity index (χ2v) is 7.07. The van der Waals surface area contributed by atoms with Crippen LogP contribution in [0.2, 0.25) is 5.02 Å². The summed E-state index contributed by atoms with van der Waals surface area (Å²) in [5, 5.41) is 4.35. The summed E-state index contributed by atoms with van der Waals surface area (Å²) >= 11 is 5.95. The van der Waals surface area contributed by atoms with Crippen LogP contribution in [0.1, 0.15) is 31.2 Å². The second kappa shape index (κ2) is 9.22. The van der Waals surface area contributed by atoms with Crippen molar-refractivity contribution in [2.24, 2.45) is 0 Å². The second-order valence-electron chi connectivity index (χ2n) is 6.64. The lowest BCUT2D eigenvalue weighted by molar-refractivity contribution is 0.225. The molecule has 0 aromatic heterocycles. The predicted octanol–water partition coefficient (Wildman–Crippen LogP) is 4.97. The summed E-state index contributed by atoms with van der Waals surface area (Å²) in [5.74, 6) is 0. The normalized spacial score (nSPS) is 15.5. The Morgan fingerprint density at radius 3 is 2.12 bits per heavy atom. The fraction of sp³-hybridized carbons (Fsp3) is 0.429. The molecule has 128 valence electrons. The third-order valence-electron chi connectivity index (χ3n) is 4.74. The highest BCUT2D eigenvalue weighted by Crippen LogP contribution is 2.21. The lowest BCUT2D eigenvalue weighted by Gasteiger charge is -2.26. The van der Waals surface area contributed by atoms with Crippen LogP contribution in [0.3, 0.4) is 0 Å². The lowest BCUT2D eigenvalue weighted by Crippen LogP contribution is -2.32. The smallest absolute Gasteiger partial charge is 0.0406 e. The fourth-order valence-corrected chi connectivity index (χ4v) is 3.43. The molecule has 1 N–H and O–H groups in total. The zero-order valence-corrected chi connectivity index (χ0v) is 15.1. The lowest BCUT2D eigenvalue weighted by atomic mass is 10.0. The number of likely N-dealkylation sites (tertiary alicyclic amines) is 1. The molecule has 1 heterocycles. The summed E-state index contributed by atoms with van der Waals surface area (Å²) in [4.78, 5) is 2.60. The number of hydrogen-bond donors (Lipinski definition) is 1. The van der Waals surface area contributed by atoms with Crippen molar-refractivity contribution < 1.29 is 0 Å². The van der Waals surface area contributed by atoms with E-state index in [9.17, 15) is 0 Å². The zero-order valence-electron chi connectivity index (χ0n) is 14.3. The van der Waals surface area contributed by atoms with Crippen LogP contribution in [0.25, 0.3) is 11.1 Å². The van der Waals surface area contributed by atoms with Gasteiger partial charge in [0.15, 0.2) is 0 Å². The van der Waals surface area contributed by atoms with Gasteiger partial charge < -0.3 is 10.2 Å². The SMILES string of the molecule is Clc1ccc(-c2ccc(CNCCCN3CCCCC3)cc2)cc1. The van der Waals surface area contributed by atoms with Gasteiger partial charge in [0.05, 0.1) is 0 Å². The number of piperidine rings is 1. The van der Waals surface area contributed by atoms with Gasteiger partial charge in [0.1, 0.15) is 0 Å². The van der Waals surface area contributed by atoms with Crippen molar-refractivity contribution in [1.29, 1.82) is 0 Å². The molecule has 0 aliphatic carbocycles. The van der Waals surface area contributed by atoms with E-state index in [4.69, 9.17) is 11.6 Å². The van der Waals surface area contributed by atoms with Gasteiger partial charge in [0.25, 0.3) is 0 Å². The topological polar surface area (TPSA) is 15.3 Å². The minimum Gasteiger partial charge on any atom is -0.313 e. The molecule has 2 nitrogen and oxygen atoms in total. The molecule has 0 spiro atoms. The van der Waals surface area contributed by atoms with E-state index in [0.29, 0.717) is 0 Å². The van der Waals surface area contributed by atoms with E-state index < -0.39 is 0 Å². The molecule has 3 heteroatoms. The van der Waals surface area contributed by atoms with Crippen LogP contribution in [0, 0.1) is 0 Å². The molecule has 3 rings (SSSR count). The van der Waals surface area contributed by atoms with Crippen LogP contribution < -0.4 is 5.32 Å². The van der Waals surface area contributed by atoms with E-state index in [1.807, 2.05) is 12.1 Å². The van der Waals surface area contributed by atoms with E-state index >= 15 is 0 Å². The first-order valence-corrected chi connectivity index (χ1v) is 9.47. The third kappa shape index (κ3) is 5.34. The summed E-state index contributed by atoms with van der Waals surface area (Å²) in [5.41, 5.74) is 3.78. The van der Waals surface area contributed by atoms with Crippen LogP contribution in [0.4, 0.5) is 0 Å². The van der Waals surface area contributed by atoms with Crippen LogP contribution in [-0.4, -0.2) is 31.1 Å². The van der Waals surface area contributed by atoms with Crippen molar-refractivity contribution in [3.63, 3.8) is 0 Å². The minimum atomic E-state index is 0.782. The van der Waals surface area contributed by atoms with Gasteiger partial charge in [-0.15, -0.1) is 0 Å². The number of halogens is 1. The van der Waals surface area contributed by atoms with Crippen LogP contribution in [0.15, 0.2) is 48.5 Å². The van der Waals surface area contributed by atoms with E-state index in [1.165, 1.54) is 62.0 Å². The third-order valence-corrected chi connectivity index (χ3v) is 4.99. The fourth-order valence-electron chi connectivity index (χ4n) is 3.30. The van der Waals surface area contributed by atoms with Crippen molar-refractivity contribution >= 4 is 11.6 Å². The number of rotatable bonds is 7. The van der Waals surface area contributed by atoms with Gasteiger partial charge >= 0.3 is 0 Å². The summed E-state index contributed by atoms with van der Waals surface area (Å²) in [6.45, 7) is 5.87. The van der Waals surface area contributed by atoms with Crippen LogP contribution in [-0.2, 0) is 6.54 Å². The first kappa shape index (κ1) is 17.5. The molecule has 0 unspecified atom stereocenters. The maximum absolute atomic E-state index is 5.95. The highest BCUT2D eigenvalue weighted by atomic mass is 35.5. The minimum absolute atomic E-state index is 0.782. The quantitative estimate of drug-likeness (QED) is 0.714. The number of nitrogens with one attached hydrogen (secondary N) is 1. The summed E-state index contributed by atoms with van der Waals surface area (Å²) in [7, 11) is 0. The van der Waals surface area contributed by atoms with E-state index in [-0.39, 0.29) is 0 Å². The molecule has 1 aliphatic heterocycles. The molecule has 0 atom stereocenters. The number of benzene rings is 2. The summed E-state index contributed by atoms with van der Waals surface area (Å²) in [6, 6.07) is 16.8. The molecule has 1 fully saturated rings. The van der Waals surface area contributed by atoms with Crippen LogP contribution in [0.5, 0.6) is 0 Å². The molecule has 0 radical (unpaired) electrons. The van der Waals surface area contributed by atoms with Gasteiger partial charge in [0.2, 0.25) is 0 Å². The average molecular weight is 343 g/mol. The summed E-state index contributed by atoms with van der Waals surface area (Å²) in [6.07, 6.45) is 5.42. The molecule has 0 saturated carbocycles. The first-order valence-electron chi connectivity index (χ1n) is 9.09. The van der Waals surface area contributed by atoms with Gasteiger partial charge in [-0.1, -0.05) is 54.4 Å². The summed E-state index contributed by atoms with van der Waals surface area (Å²) < 4.78 is 0. The number of nitrogens with zero attached hydrogens (tertiary/aromatic N) is 1. The molecule has 0 bridgehead atoms. The van der Waals surface area contributed by atoms with Crippen LogP contribution >= 0.6 is 11.6 Å². The Bertz CT molecular complexity index is 601. The van der Waals surface area contributed by atoms with Gasteiger partial charge in [-0.2, -0.15) is 0 Å². The van der Waals surface area contributed by atoms with Gasteiger partial charge in [0, 0.05) is 11.6 Å². The maximum Gasteiger partial charge on any atom is 0.0406 e. The highest BCUT2D eigenvalue weighted by Gasteiger charge is 2.08. The molecule has 2 aromatic rings. The van der Waals surface area contributed by atoms with Gasteiger partial charge in [-0.25, -0.2) is 0 Å². The zero-order chi connectivity index (χ0) is 16.6. The van der Waals surface area contributed by atoms with Crippen molar-refractivity contribution in [1.82, 2.24) is 10.2 Å². The molecule has 1 saturated heterocycles. The monoisotopic (exact) mass is 342 g/mol. The molecule has 2 aromatic carbocycles. The molecular formula is C21H27ClN2. The van der Waals surface area contributed by atoms with Crippen molar-refractivity contribution in [2.45, 2.75) is 32.2 Å². The average Bonchev–Trinajstić information content (AvgIpc) is 2.64. The van der Waals surface area contributed by atoms with Crippen molar-refractivity contribution in [3.8, 4) is 11.1 Å². The largest absolute Gasteiger partial charge is 0.313 e. The molecule has 1 aliphatic rings. The Labute approximate surface area is 150 Å². The van der Waals surface area contributed by atoms with Crippen molar-refractivity contribution in [3.05, 3.63) is 59.1 Å².